The van der Waals surface area contributed by atoms with Crippen molar-refractivity contribution in [3.63, 3.8) is 0 Å². The topological polar surface area (TPSA) is 85.1 Å². The van der Waals surface area contributed by atoms with E-state index in [-0.39, 0.29) is 16.1 Å². The van der Waals surface area contributed by atoms with Crippen molar-refractivity contribution in [2.45, 2.75) is 25.3 Å². The second-order valence-corrected chi connectivity index (χ2v) is 7.59. The third-order valence-electron chi connectivity index (χ3n) is 4.37. The lowest BCUT2D eigenvalue weighted by Crippen LogP contribution is -2.28. The van der Waals surface area contributed by atoms with Gasteiger partial charge in [0.1, 0.15) is 0 Å². The Morgan fingerprint density at radius 1 is 1.06 bits per heavy atom. The standard InChI is InChI=1S/C19H12Cl2F6N6O/c1-9(17(34)30-28-8-13-14(20)3-2-4-15(13)21)33-31-16(29-32-33)10-5-11(18(22,23)24)7-12(6-10)19(25,26)27/h2-9H,1H3,(H,30,34)/b28-8-/t9-/m0/s1. The van der Waals surface area contributed by atoms with Crippen molar-refractivity contribution >= 4 is 35.3 Å². The number of aromatic nitrogens is 4. The Kier molecular flexibility index (Phi) is 7.17. The van der Waals surface area contributed by atoms with Gasteiger partial charge >= 0.3 is 12.4 Å². The molecule has 0 aliphatic rings. The largest absolute Gasteiger partial charge is 0.416 e. The monoisotopic (exact) mass is 524 g/mol. The zero-order valence-corrected chi connectivity index (χ0v) is 18.3. The average Bonchev–Trinajstić information content (AvgIpc) is 3.24. The Morgan fingerprint density at radius 3 is 2.15 bits per heavy atom. The average molecular weight is 525 g/mol. The van der Waals surface area contributed by atoms with Gasteiger partial charge in [0, 0.05) is 11.1 Å². The molecule has 0 saturated heterocycles. The number of halogens is 8. The normalized spacial score (nSPS) is 13.3. The van der Waals surface area contributed by atoms with Crippen LogP contribution in [0.2, 0.25) is 10.0 Å². The second-order valence-electron chi connectivity index (χ2n) is 6.77. The molecule has 0 radical (unpaired) electrons. The van der Waals surface area contributed by atoms with Gasteiger partial charge in [-0.3, -0.25) is 4.79 Å². The Bertz CT molecular complexity index is 1190. The summed E-state index contributed by atoms with van der Waals surface area (Å²) >= 11 is 12.0. The first-order valence-corrected chi connectivity index (χ1v) is 9.89. The van der Waals surface area contributed by atoms with Gasteiger partial charge in [-0.25, -0.2) is 5.43 Å². The van der Waals surface area contributed by atoms with Gasteiger partial charge < -0.3 is 0 Å². The molecule has 0 unspecified atom stereocenters. The Morgan fingerprint density at radius 2 is 1.62 bits per heavy atom. The highest BCUT2D eigenvalue weighted by Gasteiger charge is 2.37. The van der Waals surface area contributed by atoms with Crippen molar-refractivity contribution < 1.29 is 31.1 Å². The zero-order chi connectivity index (χ0) is 25.3. The number of rotatable bonds is 5. The molecular weight excluding hydrogens is 513 g/mol. The van der Waals surface area contributed by atoms with Crippen molar-refractivity contribution in [2.24, 2.45) is 5.10 Å². The zero-order valence-electron chi connectivity index (χ0n) is 16.8. The molecule has 1 N–H and O–H groups in total. The highest BCUT2D eigenvalue weighted by molar-refractivity contribution is 6.38. The van der Waals surface area contributed by atoms with E-state index in [9.17, 15) is 31.1 Å². The molecule has 34 heavy (non-hydrogen) atoms. The van der Waals surface area contributed by atoms with Crippen molar-refractivity contribution in [1.82, 2.24) is 25.6 Å². The van der Waals surface area contributed by atoms with Crippen molar-refractivity contribution in [1.29, 1.82) is 0 Å². The fourth-order valence-electron chi connectivity index (χ4n) is 2.58. The highest BCUT2D eigenvalue weighted by Crippen LogP contribution is 2.38. The molecule has 0 aliphatic heterocycles. The SMILES string of the molecule is C[C@@H](C(=O)N/N=C\c1c(Cl)cccc1Cl)n1nnc(-c2cc(C(F)(F)F)cc(C(F)(F)F)c2)n1. The first kappa shape index (κ1) is 25.4. The molecule has 7 nitrogen and oxygen atoms in total. The number of amides is 1. The number of carbonyl (C=O) groups is 1. The van der Waals surface area contributed by atoms with Crippen LogP contribution in [-0.2, 0) is 17.1 Å². The van der Waals surface area contributed by atoms with E-state index in [0.717, 1.165) is 4.80 Å². The van der Waals surface area contributed by atoms with Gasteiger partial charge in [0.05, 0.1) is 27.4 Å². The predicted octanol–water partition coefficient (Wildman–Crippen LogP) is 5.40. The molecule has 2 aromatic carbocycles. The number of nitrogens with zero attached hydrogens (tertiary/aromatic N) is 5. The number of hydrogen-bond acceptors (Lipinski definition) is 5. The smallest absolute Gasteiger partial charge is 0.271 e. The summed E-state index contributed by atoms with van der Waals surface area (Å²) in [5.41, 5.74) is -1.13. The van der Waals surface area contributed by atoms with Gasteiger partial charge in [0.15, 0.2) is 6.04 Å². The fourth-order valence-corrected chi connectivity index (χ4v) is 3.08. The van der Waals surface area contributed by atoms with Crippen LogP contribution < -0.4 is 5.43 Å². The quantitative estimate of drug-likeness (QED) is 0.275. The Labute approximate surface area is 197 Å². The molecule has 0 spiro atoms. The van der Waals surface area contributed by atoms with E-state index >= 15 is 0 Å². The van der Waals surface area contributed by atoms with E-state index in [1.54, 1.807) is 18.2 Å². The summed E-state index contributed by atoms with van der Waals surface area (Å²) in [6.07, 6.45) is -8.89. The lowest BCUT2D eigenvalue weighted by atomic mass is 10.0. The minimum absolute atomic E-state index is 0.0206. The molecular formula is C19H12Cl2F6N6O. The summed E-state index contributed by atoms with van der Waals surface area (Å²) in [5, 5.41) is 15.1. The number of nitrogens with one attached hydrogen (secondary N) is 1. The van der Waals surface area contributed by atoms with Crippen molar-refractivity contribution in [3.8, 4) is 11.4 Å². The molecule has 15 heteroatoms. The lowest BCUT2D eigenvalue weighted by molar-refractivity contribution is -0.143. The minimum atomic E-state index is -5.04. The number of tetrazole rings is 1. The first-order valence-electron chi connectivity index (χ1n) is 9.13. The van der Waals surface area contributed by atoms with Crippen LogP contribution >= 0.6 is 23.2 Å². The molecule has 0 fully saturated rings. The third-order valence-corrected chi connectivity index (χ3v) is 5.03. The van der Waals surface area contributed by atoms with E-state index in [2.05, 4.69) is 25.9 Å². The number of carbonyl (C=O) groups excluding carboxylic acids is 1. The number of alkyl halides is 6. The van der Waals surface area contributed by atoms with Gasteiger partial charge in [-0.15, -0.1) is 10.2 Å². The molecule has 0 aliphatic carbocycles. The van der Waals surface area contributed by atoms with E-state index in [1.165, 1.54) is 13.1 Å². The number of hydrazone groups is 1. The van der Waals surface area contributed by atoms with Crippen LogP contribution in [0.1, 0.15) is 29.7 Å². The maximum absolute atomic E-state index is 13.1. The van der Waals surface area contributed by atoms with Crippen LogP contribution in [0.25, 0.3) is 11.4 Å². The molecule has 1 amide bonds. The third kappa shape index (κ3) is 5.83. The van der Waals surface area contributed by atoms with E-state index < -0.39 is 46.8 Å². The Balaban J connectivity index is 1.82. The van der Waals surface area contributed by atoms with E-state index in [4.69, 9.17) is 23.2 Å². The molecule has 180 valence electrons. The summed E-state index contributed by atoms with van der Waals surface area (Å²) in [4.78, 5) is 13.0. The summed E-state index contributed by atoms with van der Waals surface area (Å²) in [6.45, 7) is 1.31. The summed E-state index contributed by atoms with van der Waals surface area (Å²) in [7, 11) is 0. The summed E-state index contributed by atoms with van der Waals surface area (Å²) in [5.74, 6) is -1.30. The highest BCUT2D eigenvalue weighted by atomic mass is 35.5. The van der Waals surface area contributed by atoms with Crippen LogP contribution in [0.4, 0.5) is 26.3 Å². The maximum Gasteiger partial charge on any atom is 0.416 e. The molecule has 1 atom stereocenters. The van der Waals surface area contributed by atoms with Crippen LogP contribution in [-0.4, -0.2) is 32.3 Å². The first-order chi connectivity index (χ1) is 15.8. The fraction of sp³-hybridized carbons (Fsp3) is 0.211. The molecule has 0 bridgehead atoms. The summed E-state index contributed by atoms with van der Waals surface area (Å²) in [6, 6.07) is 4.44. The van der Waals surface area contributed by atoms with Crippen molar-refractivity contribution in [3.05, 3.63) is 63.1 Å². The van der Waals surface area contributed by atoms with E-state index in [0.29, 0.717) is 17.7 Å². The van der Waals surface area contributed by atoms with Gasteiger partial charge in [-0.2, -0.15) is 36.2 Å². The minimum Gasteiger partial charge on any atom is -0.271 e. The van der Waals surface area contributed by atoms with Crippen LogP contribution in [0.5, 0.6) is 0 Å². The van der Waals surface area contributed by atoms with Crippen LogP contribution in [0, 0.1) is 0 Å². The number of hydrogen-bond donors (Lipinski definition) is 1. The number of benzene rings is 2. The van der Waals surface area contributed by atoms with E-state index in [1.807, 2.05) is 0 Å². The second kappa shape index (κ2) is 9.58. The Hall–Kier alpha value is -3.19. The molecule has 1 heterocycles. The lowest BCUT2D eigenvalue weighted by Gasteiger charge is -2.13. The molecule has 3 rings (SSSR count). The summed E-state index contributed by atoms with van der Waals surface area (Å²) < 4.78 is 78.4. The van der Waals surface area contributed by atoms with Gasteiger partial charge in [-0.05, 0) is 42.5 Å². The van der Waals surface area contributed by atoms with Gasteiger partial charge in [0.2, 0.25) is 5.82 Å². The van der Waals surface area contributed by atoms with Crippen LogP contribution in [0.15, 0.2) is 41.5 Å². The predicted molar refractivity (Wildman–Crippen MR) is 110 cm³/mol. The molecule has 1 aromatic heterocycles. The van der Waals surface area contributed by atoms with Gasteiger partial charge in [0.25, 0.3) is 5.91 Å². The maximum atomic E-state index is 13.1. The van der Waals surface area contributed by atoms with Crippen LogP contribution in [0.3, 0.4) is 0 Å². The molecule has 3 aromatic rings. The van der Waals surface area contributed by atoms with Gasteiger partial charge in [-0.1, -0.05) is 29.3 Å². The van der Waals surface area contributed by atoms with Crippen molar-refractivity contribution in [2.75, 3.05) is 0 Å². The molecule has 0 saturated carbocycles.